The summed E-state index contributed by atoms with van der Waals surface area (Å²) in [4.78, 5) is 17.7. The molecule has 2 aromatic heterocycles. The number of hydrogen-bond donors (Lipinski definition) is 1. The maximum atomic E-state index is 11.0. The summed E-state index contributed by atoms with van der Waals surface area (Å²) in [6.45, 7) is 0. The van der Waals surface area contributed by atoms with Gasteiger partial charge in [-0.1, -0.05) is 0 Å². The molecule has 0 amide bonds. The fourth-order valence-corrected chi connectivity index (χ4v) is 1.42. The molecule has 5 heteroatoms. The van der Waals surface area contributed by atoms with E-state index < -0.39 is 0 Å². The highest BCUT2D eigenvalue weighted by atomic mass is 127. The van der Waals surface area contributed by atoms with Gasteiger partial charge in [0.2, 0.25) is 0 Å². The number of halogens is 1. The van der Waals surface area contributed by atoms with E-state index in [1.165, 1.54) is 2.78 Å². The van der Waals surface area contributed by atoms with Crippen LogP contribution in [0.15, 0.2) is 23.1 Å². The Morgan fingerprint density at radius 3 is 3.18 bits per heavy atom. The number of H-pyrrole nitrogens is 1. The second kappa shape index (κ2) is 2.33. The number of rotatable bonds is 0. The fraction of sp³-hybridized carbons (Fsp3) is 0. The van der Waals surface area contributed by atoms with E-state index in [1.54, 1.807) is 12.3 Å². The van der Waals surface area contributed by atoms with Crippen molar-refractivity contribution in [3.63, 3.8) is 0 Å². The van der Waals surface area contributed by atoms with Gasteiger partial charge in [0.1, 0.15) is 0 Å². The lowest BCUT2D eigenvalue weighted by molar-refractivity contribution is 1.17. The number of pyridine rings is 1. The molecule has 0 saturated carbocycles. The van der Waals surface area contributed by atoms with Gasteiger partial charge >= 0.3 is 5.69 Å². The monoisotopic (exact) mass is 261 g/mol. The largest absolute Gasteiger partial charge is 0.336 e. The number of nitrogens with one attached hydrogen (secondary N) is 1. The van der Waals surface area contributed by atoms with Gasteiger partial charge in [-0.15, -0.1) is 0 Å². The number of hydrogen-bond acceptors (Lipinski definition) is 2. The fourth-order valence-electron chi connectivity index (χ4n) is 0.911. The lowest BCUT2D eigenvalue weighted by Crippen LogP contribution is -2.07. The zero-order chi connectivity index (χ0) is 7.84. The Labute approximate surface area is 75.8 Å². The van der Waals surface area contributed by atoms with Crippen LogP contribution in [0.4, 0.5) is 0 Å². The molecule has 0 unspecified atom stereocenters. The average molecular weight is 261 g/mol. The first-order valence-corrected chi connectivity index (χ1v) is 3.97. The molecule has 4 nitrogen and oxygen atoms in total. The molecule has 0 radical (unpaired) electrons. The molecule has 1 N–H and O–H groups in total. The van der Waals surface area contributed by atoms with Crippen molar-refractivity contribution in [2.24, 2.45) is 0 Å². The Morgan fingerprint density at radius 1 is 1.64 bits per heavy atom. The molecule has 11 heavy (non-hydrogen) atoms. The summed E-state index contributed by atoms with van der Waals surface area (Å²) in [5.74, 6) is 0. The third-order valence-electron chi connectivity index (χ3n) is 1.39. The van der Waals surface area contributed by atoms with E-state index in [1.807, 2.05) is 28.9 Å². The quantitative estimate of drug-likeness (QED) is 0.717. The minimum atomic E-state index is -0.140. The lowest BCUT2D eigenvalue weighted by atomic mass is 10.4. The topological polar surface area (TPSA) is 50.7 Å². The second-order valence-corrected chi connectivity index (χ2v) is 3.05. The van der Waals surface area contributed by atoms with Crippen LogP contribution in [0.5, 0.6) is 0 Å². The first kappa shape index (κ1) is 6.84. The van der Waals surface area contributed by atoms with Gasteiger partial charge < -0.3 is 4.98 Å². The number of aromatic amines is 1. The molecule has 56 valence electrons. The Hall–Kier alpha value is -0.850. The van der Waals surface area contributed by atoms with E-state index in [4.69, 9.17) is 0 Å². The van der Waals surface area contributed by atoms with Crippen LogP contribution in [-0.2, 0) is 0 Å². The summed E-state index contributed by atoms with van der Waals surface area (Å²) < 4.78 is 1.45. The van der Waals surface area contributed by atoms with Gasteiger partial charge in [0.05, 0.1) is 28.4 Å². The van der Waals surface area contributed by atoms with E-state index in [2.05, 4.69) is 9.97 Å². The van der Waals surface area contributed by atoms with Crippen molar-refractivity contribution in [1.29, 1.82) is 0 Å². The van der Waals surface area contributed by atoms with Crippen LogP contribution in [0, 0.1) is 0 Å². The highest BCUT2D eigenvalue weighted by Gasteiger charge is 2.02. The van der Waals surface area contributed by atoms with Crippen molar-refractivity contribution in [3.05, 3.63) is 28.8 Å². The molecule has 0 aliphatic heterocycles. The summed E-state index contributed by atoms with van der Waals surface area (Å²) in [6, 6.07) is 3.60. The Balaban J connectivity index is 3.04. The zero-order valence-electron chi connectivity index (χ0n) is 5.41. The zero-order valence-corrected chi connectivity index (χ0v) is 7.57. The third kappa shape index (κ3) is 0.953. The molecule has 0 bridgehead atoms. The first-order chi connectivity index (χ1) is 5.29. The SMILES string of the molecule is O=c1[nH]c2cccnc2n1I. The molecule has 0 atom stereocenters. The van der Waals surface area contributed by atoms with Crippen molar-refractivity contribution in [1.82, 2.24) is 12.7 Å². The molecule has 0 fully saturated rings. The van der Waals surface area contributed by atoms with Crippen LogP contribution in [0.2, 0.25) is 0 Å². The Morgan fingerprint density at radius 2 is 2.45 bits per heavy atom. The molecular formula is C6H4IN3O. The average Bonchev–Trinajstić information content (AvgIpc) is 2.30. The van der Waals surface area contributed by atoms with Crippen molar-refractivity contribution in [2.45, 2.75) is 0 Å². The van der Waals surface area contributed by atoms with E-state index in [0.717, 1.165) is 5.52 Å². The highest BCUT2D eigenvalue weighted by molar-refractivity contribution is 14.1. The van der Waals surface area contributed by atoms with Gasteiger partial charge in [-0.3, -0.25) is 0 Å². The van der Waals surface area contributed by atoms with Gasteiger partial charge in [0.25, 0.3) is 0 Å². The van der Waals surface area contributed by atoms with E-state index in [-0.39, 0.29) is 5.69 Å². The molecule has 0 aliphatic rings. The van der Waals surface area contributed by atoms with Crippen LogP contribution >= 0.6 is 22.9 Å². The van der Waals surface area contributed by atoms with Crippen LogP contribution < -0.4 is 5.69 Å². The number of nitrogens with zero attached hydrogens (tertiary/aromatic N) is 2. The predicted molar refractivity (Wildman–Crippen MR) is 49.8 cm³/mol. The van der Waals surface area contributed by atoms with Crippen LogP contribution in [0.25, 0.3) is 11.2 Å². The normalized spacial score (nSPS) is 10.6. The molecule has 2 heterocycles. The Bertz CT molecular complexity index is 444. The van der Waals surface area contributed by atoms with E-state index in [0.29, 0.717) is 5.65 Å². The van der Waals surface area contributed by atoms with E-state index in [9.17, 15) is 4.79 Å². The summed E-state index contributed by atoms with van der Waals surface area (Å²) >= 11 is 1.91. The van der Waals surface area contributed by atoms with Crippen LogP contribution in [0.1, 0.15) is 0 Å². The molecule has 0 aromatic carbocycles. The first-order valence-electron chi connectivity index (χ1n) is 3.01. The van der Waals surface area contributed by atoms with Gasteiger partial charge in [-0.05, 0) is 12.1 Å². The van der Waals surface area contributed by atoms with Gasteiger partial charge in [0.15, 0.2) is 5.65 Å². The minimum absolute atomic E-state index is 0.140. The van der Waals surface area contributed by atoms with Crippen LogP contribution in [0.3, 0.4) is 0 Å². The molecule has 2 rings (SSSR count). The second-order valence-electron chi connectivity index (χ2n) is 2.09. The smallest absolute Gasteiger partial charge is 0.303 e. The number of aromatic nitrogens is 3. The third-order valence-corrected chi connectivity index (χ3v) is 2.29. The standard InChI is InChI=1S/C6H4IN3O/c7-10-5-4(9-6(10)11)2-1-3-8-5/h1-3H,(H,9,11). The molecule has 0 aliphatic carbocycles. The summed E-state index contributed by atoms with van der Waals surface area (Å²) in [5, 5.41) is 0. The van der Waals surface area contributed by atoms with Gasteiger partial charge in [0, 0.05) is 6.20 Å². The molecule has 0 saturated heterocycles. The summed E-state index contributed by atoms with van der Waals surface area (Å²) in [6.07, 6.45) is 1.66. The highest BCUT2D eigenvalue weighted by Crippen LogP contribution is 2.06. The minimum Gasteiger partial charge on any atom is -0.303 e. The lowest BCUT2D eigenvalue weighted by Gasteiger charge is -1.86. The number of fused-ring (bicyclic) bond motifs is 1. The van der Waals surface area contributed by atoms with E-state index >= 15 is 0 Å². The van der Waals surface area contributed by atoms with Crippen molar-refractivity contribution in [3.8, 4) is 0 Å². The van der Waals surface area contributed by atoms with Gasteiger partial charge in [-0.2, -0.15) is 0 Å². The molecular weight excluding hydrogens is 257 g/mol. The molecule has 0 spiro atoms. The maximum absolute atomic E-state index is 11.0. The van der Waals surface area contributed by atoms with Crippen molar-refractivity contribution < 1.29 is 0 Å². The van der Waals surface area contributed by atoms with Crippen molar-refractivity contribution >= 4 is 34.0 Å². The summed E-state index contributed by atoms with van der Waals surface area (Å²) in [7, 11) is 0. The van der Waals surface area contributed by atoms with Gasteiger partial charge in [-0.25, -0.2) is 12.6 Å². The van der Waals surface area contributed by atoms with Crippen molar-refractivity contribution in [2.75, 3.05) is 0 Å². The summed E-state index contributed by atoms with van der Waals surface area (Å²) in [5.41, 5.74) is 1.31. The number of imidazole rings is 1. The van der Waals surface area contributed by atoms with Crippen LogP contribution in [-0.4, -0.2) is 12.7 Å². The Kier molecular flexibility index (Phi) is 1.45. The predicted octanol–water partition coefficient (Wildman–Crippen LogP) is 0.923. The maximum Gasteiger partial charge on any atom is 0.336 e. The molecule has 2 aromatic rings.